The summed E-state index contributed by atoms with van der Waals surface area (Å²) in [4.78, 5) is 13.0. The van der Waals surface area contributed by atoms with Gasteiger partial charge in [0, 0.05) is 35.8 Å². The number of carbonyl (C=O) groups excluding carboxylic acids is 1. The Hall–Kier alpha value is -2.38. The standard InChI is InChI=1S/C22H26N4O2S/c1-15-12-20(16(2)25(15)13-19-10-7-11-28-19)21(27)14-29-22-24-23-17(3)26(22)18-8-5-4-6-9-18/h4-6,8-9,12,19H,7,10-11,13-14H2,1-3H3. The number of para-hydroxylation sites is 1. The fraction of sp³-hybridized carbons (Fsp3) is 0.409. The molecule has 0 bridgehead atoms. The number of nitrogens with zero attached hydrogens (tertiary/aromatic N) is 4. The average Bonchev–Trinajstić information content (AvgIpc) is 3.43. The van der Waals surface area contributed by atoms with Crippen molar-refractivity contribution in [1.82, 2.24) is 19.3 Å². The number of ether oxygens (including phenoxy) is 1. The second-order valence-electron chi connectivity index (χ2n) is 7.44. The monoisotopic (exact) mass is 410 g/mol. The fourth-order valence-corrected chi connectivity index (χ4v) is 4.76. The number of ketones is 1. The Labute approximate surface area is 175 Å². The molecule has 2 aromatic heterocycles. The number of thioether (sulfide) groups is 1. The SMILES string of the molecule is Cc1cc(C(=O)CSc2nnc(C)n2-c2ccccc2)c(C)n1CC1CCCO1. The minimum Gasteiger partial charge on any atom is -0.376 e. The molecular formula is C22H26N4O2S. The second-order valence-corrected chi connectivity index (χ2v) is 8.39. The van der Waals surface area contributed by atoms with Gasteiger partial charge in [0.05, 0.1) is 11.9 Å². The van der Waals surface area contributed by atoms with Crippen LogP contribution in [0.15, 0.2) is 41.6 Å². The molecule has 0 saturated carbocycles. The van der Waals surface area contributed by atoms with E-state index < -0.39 is 0 Å². The van der Waals surface area contributed by atoms with Crippen LogP contribution in [0.2, 0.25) is 0 Å². The lowest BCUT2D eigenvalue weighted by atomic mass is 10.2. The molecule has 1 aromatic carbocycles. The Balaban J connectivity index is 1.49. The third kappa shape index (κ3) is 4.16. The van der Waals surface area contributed by atoms with Crippen LogP contribution in [-0.4, -0.2) is 43.6 Å². The number of carbonyl (C=O) groups is 1. The van der Waals surface area contributed by atoms with Crippen molar-refractivity contribution in [3.05, 3.63) is 59.2 Å². The summed E-state index contributed by atoms with van der Waals surface area (Å²) >= 11 is 1.43. The molecular weight excluding hydrogens is 384 g/mol. The lowest BCUT2D eigenvalue weighted by molar-refractivity contribution is 0.0957. The molecule has 0 spiro atoms. The first-order valence-corrected chi connectivity index (χ1v) is 10.9. The van der Waals surface area contributed by atoms with Crippen LogP contribution in [0, 0.1) is 20.8 Å². The number of benzene rings is 1. The van der Waals surface area contributed by atoms with E-state index in [0.717, 1.165) is 59.6 Å². The van der Waals surface area contributed by atoms with Crippen LogP contribution in [0.25, 0.3) is 5.69 Å². The van der Waals surface area contributed by atoms with Crippen LogP contribution in [0.3, 0.4) is 0 Å². The molecule has 6 nitrogen and oxygen atoms in total. The van der Waals surface area contributed by atoms with E-state index in [9.17, 15) is 4.79 Å². The van der Waals surface area contributed by atoms with Crippen molar-refractivity contribution < 1.29 is 9.53 Å². The van der Waals surface area contributed by atoms with Crippen LogP contribution < -0.4 is 0 Å². The summed E-state index contributed by atoms with van der Waals surface area (Å²) < 4.78 is 9.97. The maximum atomic E-state index is 13.0. The minimum absolute atomic E-state index is 0.113. The Bertz CT molecular complexity index is 1000. The van der Waals surface area contributed by atoms with E-state index in [4.69, 9.17) is 4.74 Å². The van der Waals surface area contributed by atoms with Crippen molar-refractivity contribution in [3.63, 3.8) is 0 Å². The summed E-state index contributed by atoms with van der Waals surface area (Å²) in [6.07, 6.45) is 2.46. The van der Waals surface area contributed by atoms with E-state index in [1.165, 1.54) is 11.8 Å². The van der Waals surface area contributed by atoms with Gasteiger partial charge in [-0.1, -0.05) is 30.0 Å². The number of aryl methyl sites for hydroxylation is 2. The molecule has 4 rings (SSSR count). The van der Waals surface area contributed by atoms with Crippen LogP contribution in [-0.2, 0) is 11.3 Å². The maximum absolute atomic E-state index is 13.0. The molecule has 0 N–H and O–H groups in total. The van der Waals surface area contributed by atoms with Crippen molar-refractivity contribution >= 4 is 17.5 Å². The summed E-state index contributed by atoms with van der Waals surface area (Å²) in [7, 11) is 0. The number of Topliss-reactive ketones (excluding diaryl/α,β-unsaturated/α-hetero) is 1. The van der Waals surface area contributed by atoms with Gasteiger partial charge >= 0.3 is 0 Å². The molecule has 29 heavy (non-hydrogen) atoms. The first-order valence-electron chi connectivity index (χ1n) is 9.96. The lowest BCUT2D eigenvalue weighted by Crippen LogP contribution is -2.17. The van der Waals surface area contributed by atoms with Gasteiger partial charge in [-0.2, -0.15) is 0 Å². The Morgan fingerprint density at radius 3 is 2.72 bits per heavy atom. The Morgan fingerprint density at radius 2 is 2.00 bits per heavy atom. The highest BCUT2D eigenvalue weighted by atomic mass is 32.2. The van der Waals surface area contributed by atoms with Crippen molar-refractivity contribution in [2.75, 3.05) is 12.4 Å². The first kappa shape index (κ1) is 19.9. The largest absolute Gasteiger partial charge is 0.376 e. The van der Waals surface area contributed by atoms with E-state index >= 15 is 0 Å². The molecule has 1 saturated heterocycles. The zero-order valence-electron chi connectivity index (χ0n) is 17.1. The predicted octanol–water partition coefficient (Wildman–Crippen LogP) is 4.15. The van der Waals surface area contributed by atoms with Gasteiger partial charge in [-0.05, 0) is 51.8 Å². The van der Waals surface area contributed by atoms with Gasteiger partial charge in [0.2, 0.25) is 0 Å². The van der Waals surface area contributed by atoms with Gasteiger partial charge in [0.25, 0.3) is 0 Å². The van der Waals surface area contributed by atoms with Gasteiger partial charge in [-0.15, -0.1) is 10.2 Å². The average molecular weight is 411 g/mol. The van der Waals surface area contributed by atoms with E-state index in [1.807, 2.05) is 54.8 Å². The molecule has 0 aliphatic carbocycles. The van der Waals surface area contributed by atoms with Gasteiger partial charge in [-0.3, -0.25) is 9.36 Å². The van der Waals surface area contributed by atoms with E-state index in [0.29, 0.717) is 5.75 Å². The third-order valence-electron chi connectivity index (χ3n) is 5.43. The van der Waals surface area contributed by atoms with Gasteiger partial charge in [-0.25, -0.2) is 0 Å². The van der Waals surface area contributed by atoms with Crippen LogP contribution >= 0.6 is 11.8 Å². The number of hydrogen-bond donors (Lipinski definition) is 0. The van der Waals surface area contributed by atoms with E-state index in [2.05, 4.69) is 21.7 Å². The van der Waals surface area contributed by atoms with Crippen LogP contribution in [0.5, 0.6) is 0 Å². The Morgan fingerprint density at radius 1 is 1.21 bits per heavy atom. The Kier molecular flexibility index (Phi) is 5.87. The zero-order valence-corrected chi connectivity index (χ0v) is 17.9. The number of rotatable bonds is 7. The molecule has 0 radical (unpaired) electrons. The maximum Gasteiger partial charge on any atom is 0.196 e. The zero-order chi connectivity index (χ0) is 20.4. The first-order chi connectivity index (χ1) is 14.0. The van der Waals surface area contributed by atoms with Gasteiger partial charge in [0.1, 0.15) is 5.82 Å². The molecule has 7 heteroatoms. The highest BCUT2D eigenvalue weighted by Crippen LogP contribution is 2.25. The molecule has 1 aliphatic rings. The summed E-state index contributed by atoms with van der Waals surface area (Å²) in [5.74, 6) is 1.25. The smallest absolute Gasteiger partial charge is 0.196 e. The minimum atomic E-state index is 0.113. The van der Waals surface area contributed by atoms with Crippen molar-refractivity contribution in [2.45, 2.75) is 51.4 Å². The molecule has 1 aliphatic heterocycles. The van der Waals surface area contributed by atoms with E-state index in [1.54, 1.807) is 0 Å². The summed E-state index contributed by atoms with van der Waals surface area (Å²) in [5.41, 5.74) is 3.91. The lowest BCUT2D eigenvalue weighted by Gasteiger charge is -2.14. The van der Waals surface area contributed by atoms with Gasteiger partial charge < -0.3 is 9.30 Å². The molecule has 1 fully saturated rings. The molecule has 1 unspecified atom stereocenters. The topological polar surface area (TPSA) is 61.9 Å². The highest BCUT2D eigenvalue weighted by molar-refractivity contribution is 7.99. The van der Waals surface area contributed by atoms with Crippen LogP contribution in [0.1, 0.15) is 40.4 Å². The molecule has 3 heterocycles. The van der Waals surface area contributed by atoms with Gasteiger partial charge in [0.15, 0.2) is 10.9 Å². The number of hydrogen-bond acceptors (Lipinski definition) is 5. The summed E-state index contributed by atoms with van der Waals surface area (Å²) in [6, 6.07) is 12.0. The summed E-state index contributed by atoms with van der Waals surface area (Å²) in [6.45, 7) is 7.66. The van der Waals surface area contributed by atoms with Crippen molar-refractivity contribution in [1.29, 1.82) is 0 Å². The summed E-state index contributed by atoms with van der Waals surface area (Å²) in [5, 5.41) is 9.20. The van der Waals surface area contributed by atoms with E-state index in [-0.39, 0.29) is 11.9 Å². The van der Waals surface area contributed by atoms with Crippen molar-refractivity contribution in [2.24, 2.45) is 0 Å². The third-order valence-corrected chi connectivity index (χ3v) is 6.36. The highest BCUT2D eigenvalue weighted by Gasteiger charge is 2.22. The fourth-order valence-electron chi connectivity index (χ4n) is 3.87. The molecule has 152 valence electrons. The van der Waals surface area contributed by atoms with Crippen LogP contribution in [0.4, 0.5) is 0 Å². The quantitative estimate of drug-likeness (QED) is 0.433. The van der Waals surface area contributed by atoms with Crippen molar-refractivity contribution in [3.8, 4) is 5.69 Å². The molecule has 3 aromatic rings. The molecule has 1 atom stereocenters. The second kappa shape index (κ2) is 8.55. The predicted molar refractivity (Wildman–Crippen MR) is 114 cm³/mol. The normalized spacial score (nSPS) is 16.4. The molecule has 0 amide bonds. The number of aromatic nitrogens is 4.